The molecule has 0 aliphatic carbocycles. The molecule has 0 spiro atoms. The Hall–Kier alpha value is -0.420. The third-order valence-corrected chi connectivity index (χ3v) is 3.56. The van der Waals surface area contributed by atoms with Crippen LogP contribution < -0.4 is 5.32 Å². The van der Waals surface area contributed by atoms with Crippen molar-refractivity contribution in [1.29, 1.82) is 0 Å². The zero-order valence-electron chi connectivity index (χ0n) is 11.2. The van der Waals surface area contributed by atoms with E-state index in [1.807, 2.05) is 24.3 Å². The van der Waals surface area contributed by atoms with Gasteiger partial charge < -0.3 is 15.3 Å². The maximum atomic E-state index is 10.0. The highest BCUT2D eigenvalue weighted by Gasteiger charge is 2.07. The average molecular weight is 315 g/mol. The summed E-state index contributed by atoms with van der Waals surface area (Å²) in [5, 5.41) is 13.3. The normalized spacial score (nSPS) is 12.9. The fraction of sp³-hybridized carbons (Fsp3) is 0.571. The molecule has 0 amide bonds. The molecule has 0 aromatic heterocycles. The molecule has 0 saturated heterocycles. The summed E-state index contributed by atoms with van der Waals surface area (Å²) in [6, 6.07) is 7.81. The highest BCUT2D eigenvalue weighted by molar-refractivity contribution is 9.10. The number of rotatable bonds is 8. The van der Waals surface area contributed by atoms with Crippen LogP contribution in [0.1, 0.15) is 25.5 Å². The molecule has 18 heavy (non-hydrogen) atoms. The predicted octanol–water partition coefficient (Wildman–Crippen LogP) is 2.41. The fourth-order valence-electron chi connectivity index (χ4n) is 1.85. The highest BCUT2D eigenvalue weighted by atomic mass is 79.9. The summed E-state index contributed by atoms with van der Waals surface area (Å²) in [6.07, 6.45) is -0.445. The first-order valence-corrected chi connectivity index (χ1v) is 7.33. The second-order valence-electron chi connectivity index (χ2n) is 4.30. The predicted molar refractivity (Wildman–Crippen MR) is 79.8 cm³/mol. The van der Waals surface area contributed by atoms with E-state index in [4.69, 9.17) is 0 Å². The number of hydrogen-bond donors (Lipinski definition) is 2. The van der Waals surface area contributed by atoms with Crippen LogP contribution in [-0.4, -0.2) is 42.7 Å². The molecule has 4 heteroatoms. The summed E-state index contributed by atoms with van der Waals surface area (Å²) >= 11 is 3.41. The molecule has 0 aliphatic heterocycles. The molecule has 3 nitrogen and oxygen atoms in total. The Kier molecular flexibility index (Phi) is 7.51. The molecule has 0 heterocycles. The summed E-state index contributed by atoms with van der Waals surface area (Å²) in [5.41, 5.74) is 0.944. The lowest BCUT2D eigenvalue weighted by atomic mass is 10.1. The smallest absolute Gasteiger partial charge is 0.0914 e. The van der Waals surface area contributed by atoms with Crippen LogP contribution in [0.3, 0.4) is 0 Å². The maximum Gasteiger partial charge on any atom is 0.0914 e. The molecule has 1 aromatic carbocycles. The quantitative estimate of drug-likeness (QED) is 0.723. The third-order valence-electron chi connectivity index (χ3n) is 3.07. The largest absolute Gasteiger partial charge is 0.387 e. The number of halogens is 1. The number of likely N-dealkylation sites (N-methyl/N-ethyl adjacent to an activating group) is 1. The zero-order chi connectivity index (χ0) is 13.4. The van der Waals surface area contributed by atoms with Gasteiger partial charge in [0.15, 0.2) is 0 Å². The van der Waals surface area contributed by atoms with Gasteiger partial charge in [0.25, 0.3) is 0 Å². The highest BCUT2D eigenvalue weighted by Crippen LogP contribution is 2.17. The first-order valence-electron chi connectivity index (χ1n) is 6.54. The molecule has 102 valence electrons. The monoisotopic (exact) mass is 314 g/mol. The molecule has 1 aromatic rings. The third kappa shape index (κ3) is 5.48. The molecule has 0 saturated carbocycles. The summed E-state index contributed by atoms with van der Waals surface area (Å²) in [5.74, 6) is 0. The van der Waals surface area contributed by atoms with E-state index >= 15 is 0 Å². The van der Waals surface area contributed by atoms with Gasteiger partial charge in [-0.05, 0) is 30.8 Å². The van der Waals surface area contributed by atoms with Crippen molar-refractivity contribution in [2.45, 2.75) is 20.0 Å². The maximum absolute atomic E-state index is 10.0. The summed E-state index contributed by atoms with van der Waals surface area (Å²) in [7, 11) is 0. The number of benzene rings is 1. The molecule has 0 radical (unpaired) electrons. The molecule has 0 bridgehead atoms. The first-order chi connectivity index (χ1) is 8.67. The molecular formula is C14H23BrN2O. The summed E-state index contributed by atoms with van der Waals surface area (Å²) < 4.78 is 1.00. The minimum Gasteiger partial charge on any atom is -0.387 e. The summed E-state index contributed by atoms with van der Waals surface area (Å²) in [4.78, 5) is 2.36. The Morgan fingerprint density at radius 1 is 1.33 bits per heavy atom. The minimum atomic E-state index is -0.445. The molecule has 0 fully saturated rings. The van der Waals surface area contributed by atoms with E-state index in [1.54, 1.807) is 0 Å². The van der Waals surface area contributed by atoms with Crippen molar-refractivity contribution in [1.82, 2.24) is 10.2 Å². The topological polar surface area (TPSA) is 35.5 Å². The van der Waals surface area contributed by atoms with Crippen LogP contribution in [0, 0.1) is 0 Å². The number of aliphatic hydroxyl groups is 1. The summed E-state index contributed by atoms with van der Waals surface area (Å²) in [6.45, 7) is 9.01. The van der Waals surface area contributed by atoms with Crippen LogP contribution in [0.15, 0.2) is 28.7 Å². The van der Waals surface area contributed by atoms with E-state index in [2.05, 4.69) is 40.0 Å². The van der Waals surface area contributed by atoms with Crippen molar-refractivity contribution in [3.8, 4) is 0 Å². The Bertz CT molecular complexity index is 342. The van der Waals surface area contributed by atoms with Crippen LogP contribution in [0.25, 0.3) is 0 Å². The van der Waals surface area contributed by atoms with Gasteiger partial charge in [-0.25, -0.2) is 0 Å². The Morgan fingerprint density at radius 2 is 2.06 bits per heavy atom. The Balaban J connectivity index is 2.27. The van der Waals surface area contributed by atoms with Crippen molar-refractivity contribution in [3.05, 3.63) is 34.3 Å². The fourth-order valence-corrected chi connectivity index (χ4v) is 2.26. The van der Waals surface area contributed by atoms with Crippen LogP contribution in [0.5, 0.6) is 0 Å². The Morgan fingerprint density at radius 3 is 2.67 bits per heavy atom. The van der Waals surface area contributed by atoms with Gasteiger partial charge in [-0.3, -0.25) is 0 Å². The SMILES string of the molecule is CCN(CC)CCNCC(O)c1cccc(Br)c1. The number of hydrogen-bond acceptors (Lipinski definition) is 3. The molecular weight excluding hydrogens is 292 g/mol. The molecule has 2 N–H and O–H groups in total. The molecule has 0 aliphatic rings. The van der Waals surface area contributed by atoms with Gasteiger partial charge in [-0.15, -0.1) is 0 Å². The number of aliphatic hydroxyl groups excluding tert-OH is 1. The molecule has 1 atom stereocenters. The number of nitrogens with zero attached hydrogens (tertiary/aromatic N) is 1. The van der Waals surface area contributed by atoms with Gasteiger partial charge in [-0.1, -0.05) is 41.9 Å². The van der Waals surface area contributed by atoms with E-state index in [9.17, 15) is 5.11 Å². The van der Waals surface area contributed by atoms with Crippen LogP contribution in [-0.2, 0) is 0 Å². The van der Waals surface area contributed by atoms with Crippen molar-refractivity contribution in [2.75, 3.05) is 32.7 Å². The zero-order valence-corrected chi connectivity index (χ0v) is 12.8. The average Bonchev–Trinajstić information content (AvgIpc) is 2.38. The van der Waals surface area contributed by atoms with Crippen molar-refractivity contribution >= 4 is 15.9 Å². The lowest BCUT2D eigenvalue weighted by Crippen LogP contribution is -2.33. The second-order valence-corrected chi connectivity index (χ2v) is 5.22. The van der Waals surface area contributed by atoms with Gasteiger partial charge in [0.05, 0.1) is 6.10 Å². The van der Waals surface area contributed by atoms with Crippen LogP contribution in [0.4, 0.5) is 0 Å². The van der Waals surface area contributed by atoms with E-state index in [0.29, 0.717) is 6.54 Å². The minimum absolute atomic E-state index is 0.445. The number of nitrogens with one attached hydrogen (secondary N) is 1. The van der Waals surface area contributed by atoms with Crippen LogP contribution in [0.2, 0.25) is 0 Å². The van der Waals surface area contributed by atoms with E-state index in [0.717, 1.165) is 36.2 Å². The standard InChI is InChI=1S/C14H23BrN2O/c1-3-17(4-2)9-8-16-11-14(18)12-6-5-7-13(15)10-12/h5-7,10,14,16,18H,3-4,8-9,11H2,1-2H3. The van der Waals surface area contributed by atoms with Gasteiger partial charge in [0.2, 0.25) is 0 Å². The van der Waals surface area contributed by atoms with Gasteiger partial charge in [-0.2, -0.15) is 0 Å². The van der Waals surface area contributed by atoms with Crippen molar-refractivity contribution in [3.63, 3.8) is 0 Å². The van der Waals surface area contributed by atoms with Gasteiger partial charge in [0.1, 0.15) is 0 Å². The lowest BCUT2D eigenvalue weighted by molar-refractivity contribution is 0.172. The van der Waals surface area contributed by atoms with E-state index in [1.165, 1.54) is 0 Å². The molecule has 1 unspecified atom stereocenters. The second kappa shape index (κ2) is 8.64. The van der Waals surface area contributed by atoms with E-state index < -0.39 is 6.10 Å². The van der Waals surface area contributed by atoms with Crippen molar-refractivity contribution in [2.24, 2.45) is 0 Å². The van der Waals surface area contributed by atoms with Gasteiger partial charge >= 0.3 is 0 Å². The molecule has 1 rings (SSSR count). The van der Waals surface area contributed by atoms with Crippen LogP contribution >= 0.6 is 15.9 Å². The lowest BCUT2D eigenvalue weighted by Gasteiger charge is -2.19. The first kappa shape index (κ1) is 15.6. The Labute approximate surface area is 118 Å². The van der Waals surface area contributed by atoms with Crippen molar-refractivity contribution < 1.29 is 5.11 Å². The van der Waals surface area contributed by atoms with Gasteiger partial charge in [0, 0.05) is 24.1 Å². The van der Waals surface area contributed by atoms with E-state index in [-0.39, 0.29) is 0 Å².